The van der Waals surface area contributed by atoms with E-state index in [9.17, 15) is 18.3 Å². The highest BCUT2D eigenvalue weighted by atomic mass is 32.2. The maximum absolute atomic E-state index is 12.6. The van der Waals surface area contributed by atoms with Gasteiger partial charge in [-0.05, 0) is 17.5 Å². The Morgan fingerprint density at radius 3 is 2.04 bits per heavy atom. The highest BCUT2D eigenvalue weighted by Gasteiger charge is 2.28. The van der Waals surface area contributed by atoms with Gasteiger partial charge in [-0.1, -0.05) is 67.6 Å². The third-order valence-electron chi connectivity index (χ3n) is 3.77. The summed E-state index contributed by atoms with van der Waals surface area (Å²) in [5.74, 6) is -1.21. The topological polar surface area (TPSA) is 86.7 Å². The number of hydrogen-bond acceptors (Lipinski definition) is 3. The SMILES string of the molecule is CCN(Cc1ccccc1)S(=O)(=O)N[C@H](Cc1ccccc1)C(=O)O. The van der Waals surface area contributed by atoms with Gasteiger partial charge < -0.3 is 5.11 Å². The Bertz CT molecular complexity index is 779. The first kappa shape index (κ1) is 19.1. The zero-order valence-corrected chi connectivity index (χ0v) is 14.8. The number of hydrogen-bond donors (Lipinski definition) is 2. The summed E-state index contributed by atoms with van der Waals surface area (Å²) in [4.78, 5) is 11.5. The summed E-state index contributed by atoms with van der Waals surface area (Å²) in [5, 5.41) is 9.40. The molecule has 0 bridgehead atoms. The number of carbonyl (C=O) groups is 1. The zero-order valence-electron chi connectivity index (χ0n) is 14.0. The summed E-state index contributed by atoms with van der Waals surface area (Å²) >= 11 is 0. The van der Waals surface area contributed by atoms with Crippen LogP contribution in [0.15, 0.2) is 60.7 Å². The number of aliphatic carboxylic acids is 1. The van der Waals surface area contributed by atoms with E-state index in [1.165, 1.54) is 4.31 Å². The van der Waals surface area contributed by atoms with E-state index < -0.39 is 22.2 Å². The summed E-state index contributed by atoms with van der Waals surface area (Å²) in [6, 6.07) is 16.9. The van der Waals surface area contributed by atoms with Crippen molar-refractivity contribution in [2.75, 3.05) is 6.54 Å². The van der Waals surface area contributed by atoms with Crippen molar-refractivity contribution >= 4 is 16.2 Å². The fourth-order valence-corrected chi connectivity index (χ4v) is 3.79. The molecule has 0 radical (unpaired) electrons. The zero-order chi connectivity index (χ0) is 18.3. The smallest absolute Gasteiger partial charge is 0.322 e. The third kappa shape index (κ3) is 5.67. The molecule has 6 nitrogen and oxygen atoms in total. The van der Waals surface area contributed by atoms with Gasteiger partial charge >= 0.3 is 5.97 Å². The van der Waals surface area contributed by atoms with E-state index in [0.717, 1.165) is 11.1 Å². The minimum Gasteiger partial charge on any atom is -0.480 e. The Balaban J connectivity index is 2.13. The molecule has 0 aliphatic rings. The van der Waals surface area contributed by atoms with E-state index >= 15 is 0 Å². The number of nitrogens with one attached hydrogen (secondary N) is 1. The quantitative estimate of drug-likeness (QED) is 0.715. The Hall–Kier alpha value is -2.22. The maximum Gasteiger partial charge on any atom is 0.322 e. The van der Waals surface area contributed by atoms with Crippen LogP contribution in [0.4, 0.5) is 0 Å². The molecule has 0 spiro atoms. The molecule has 0 saturated heterocycles. The molecule has 0 aromatic heterocycles. The van der Waals surface area contributed by atoms with Crippen LogP contribution in [-0.2, 0) is 28.0 Å². The van der Waals surface area contributed by atoms with Crippen molar-refractivity contribution in [2.24, 2.45) is 0 Å². The first-order chi connectivity index (χ1) is 11.9. The lowest BCUT2D eigenvalue weighted by atomic mass is 10.1. The van der Waals surface area contributed by atoms with E-state index in [1.54, 1.807) is 31.2 Å². The molecule has 25 heavy (non-hydrogen) atoms. The summed E-state index contributed by atoms with van der Waals surface area (Å²) in [5.41, 5.74) is 1.59. The normalized spacial score (nSPS) is 12.9. The molecule has 1 atom stereocenters. The van der Waals surface area contributed by atoms with E-state index in [1.807, 2.05) is 36.4 Å². The van der Waals surface area contributed by atoms with Gasteiger partial charge in [-0.2, -0.15) is 17.4 Å². The Labute approximate surface area is 148 Å². The molecule has 7 heteroatoms. The summed E-state index contributed by atoms with van der Waals surface area (Å²) in [7, 11) is -3.93. The molecule has 2 aromatic rings. The van der Waals surface area contributed by atoms with Crippen molar-refractivity contribution in [1.29, 1.82) is 0 Å². The van der Waals surface area contributed by atoms with Gasteiger partial charge in [0.1, 0.15) is 6.04 Å². The van der Waals surface area contributed by atoms with Crippen LogP contribution in [0.25, 0.3) is 0 Å². The number of rotatable bonds is 9. The highest BCUT2D eigenvalue weighted by Crippen LogP contribution is 2.10. The van der Waals surface area contributed by atoms with Crippen LogP contribution in [-0.4, -0.2) is 36.4 Å². The highest BCUT2D eigenvalue weighted by molar-refractivity contribution is 7.87. The molecular formula is C18H22N2O4S. The fraction of sp³-hybridized carbons (Fsp3) is 0.278. The molecule has 2 N–H and O–H groups in total. The van der Waals surface area contributed by atoms with Crippen LogP contribution in [0.1, 0.15) is 18.1 Å². The van der Waals surface area contributed by atoms with Crippen molar-refractivity contribution in [1.82, 2.24) is 9.03 Å². The number of carboxylic acids is 1. The van der Waals surface area contributed by atoms with Gasteiger partial charge in [-0.25, -0.2) is 0 Å². The Morgan fingerprint density at radius 1 is 1.04 bits per heavy atom. The molecule has 0 amide bonds. The van der Waals surface area contributed by atoms with Gasteiger partial charge in [0.25, 0.3) is 10.2 Å². The molecule has 2 aromatic carbocycles. The summed E-state index contributed by atoms with van der Waals surface area (Å²) < 4.78 is 28.8. The van der Waals surface area contributed by atoms with Gasteiger partial charge in [-0.3, -0.25) is 4.79 Å². The van der Waals surface area contributed by atoms with Crippen LogP contribution in [0, 0.1) is 0 Å². The van der Waals surface area contributed by atoms with Crippen molar-refractivity contribution in [3.05, 3.63) is 71.8 Å². The van der Waals surface area contributed by atoms with Gasteiger partial charge in [0.05, 0.1) is 0 Å². The van der Waals surface area contributed by atoms with Gasteiger partial charge in [0.15, 0.2) is 0 Å². The molecule has 0 aliphatic carbocycles. The average Bonchev–Trinajstić information content (AvgIpc) is 2.60. The van der Waals surface area contributed by atoms with Crippen molar-refractivity contribution in [3.63, 3.8) is 0 Å². The first-order valence-electron chi connectivity index (χ1n) is 8.00. The number of nitrogens with zero attached hydrogens (tertiary/aromatic N) is 1. The minimum atomic E-state index is -3.93. The lowest BCUT2D eigenvalue weighted by Gasteiger charge is -2.23. The number of carboxylic acid groups (broad SMARTS) is 1. The Kier molecular flexibility index (Phi) is 6.69. The third-order valence-corrected chi connectivity index (χ3v) is 5.42. The molecule has 0 saturated carbocycles. The average molecular weight is 362 g/mol. The summed E-state index contributed by atoms with van der Waals surface area (Å²) in [6.45, 7) is 2.14. The number of benzene rings is 2. The van der Waals surface area contributed by atoms with Crippen LogP contribution < -0.4 is 4.72 Å². The second kappa shape index (κ2) is 8.75. The lowest BCUT2D eigenvalue weighted by Crippen LogP contribution is -2.49. The molecule has 2 rings (SSSR count). The van der Waals surface area contributed by atoms with E-state index in [4.69, 9.17) is 0 Å². The molecule has 0 heterocycles. The minimum absolute atomic E-state index is 0.0816. The van der Waals surface area contributed by atoms with Gasteiger partial charge in [0, 0.05) is 13.1 Å². The predicted molar refractivity (Wildman–Crippen MR) is 96.2 cm³/mol. The second-order valence-electron chi connectivity index (χ2n) is 5.62. The molecular weight excluding hydrogens is 340 g/mol. The second-order valence-corrected chi connectivity index (χ2v) is 7.32. The summed E-state index contributed by atoms with van der Waals surface area (Å²) in [6.07, 6.45) is 0.0816. The van der Waals surface area contributed by atoms with Crippen molar-refractivity contribution in [3.8, 4) is 0 Å². The van der Waals surface area contributed by atoms with Crippen LogP contribution in [0.5, 0.6) is 0 Å². The predicted octanol–water partition coefficient (Wildman–Crippen LogP) is 2.04. The lowest BCUT2D eigenvalue weighted by molar-refractivity contribution is -0.138. The van der Waals surface area contributed by atoms with Crippen molar-refractivity contribution < 1.29 is 18.3 Å². The molecule has 134 valence electrons. The van der Waals surface area contributed by atoms with Crippen LogP contribution in [0.2, 0.25) is 0 Å². The largest absolute Gasteiger partial charge is 0.480 e. The van der Waals surface area contributed by atoms with Crippen LogP contribution in [0.3, 0.4) is 0 Å². The standard InChI is InChI=1S/C18H22N2O4S/c1-2-20(14-16-11-7-4-8-12-16)25(23,24)19-17(18(21)22)13-15-9-5-3-6-10-15/h3-12,17,19H,2,13-14H2,1H3,(H,21,22)/t17-/m1/s1. The van der Waals surface area contributed by atoms with E-state index in [2.05, 4.69) is 4.72 Å². The molecule has 0 aliphatic heterocycles. The molecule has 0 fully saturated rings. The van der Waals surface area contributed by atoms with Gasteiger partial charge in [0.2, 0.25) is 0 Å². The fourth-order valence-electron chi connectivity index (χ4n) is 2.44. The van der Waals surface area contributed by atoms with E-state index in [-0.39, 0.29) is 19.5 Å². The van der Waals surface area contributed by atoms with Crippen LogP contribution >= 0.6 is 0 Å². The van der Waals surface area contributed by atoms with E-state index in [0.29, 0.717) is 0 Å². The molecule has 0 unspecified atom stereocenters. The van der Waals surface area contributed by atoms with Gasteiger partial charge in [-0.15, -0.1) is 0 Å². The van der Waals surface area contributed by atoms with Crippen molar-refractivity contribution in [2.45, 2.75) is 25.9 Å². The maximum atomic E-state index is 12.6. The first-order valence-corrected chi connectivity index (χ1v) is 9.44. The monoisotopic (exact) mass is 362 g/mol. The Morgan fingerprint density at radius 2 is 1.56 bits per heavy atom.